The molecule has 2 aromatic carbocycles. The quantitative estimate of drug-likeness (QED) is 0.638. The number of sulfonamides is 1. The summed E-state index contributed by atoms with van der Waals surface area (Å²) in [5, 5.41) is 2.94. The van der Waals surface area contributed by atoms with Gasteiger partial charge in [0.15, 0.2) is 0 Å². The van der Waals surface area contributed by atoms with E-state index in [9.17, 15) is 13.2 Å². The van der Waals surface area contributed by atoms with Gasteiger partial charge in [0.05, 0.1) is 25.1 Å². The molecule has 0 fully saturated rings. The van der Waals surface area contributed by atoms with Gasteiger partial charge in [0.25, 0.3) is 0 Å². The third kappa shape index (κ3) is 5.48. The summed E-state index contributed by atoms with van der Waals surface area (Å²) < 4.78 is 31.5. The van der Waals surface area contributed by atoms with E-state index < -0.39 is 10.0 Å². The number of nitrogens with one attached hydrogen (secondary N) is 1. The molecule has 0 spiro atoms. The predicted molar refractivity (Wildman–Crippen MR) is 115 cm³/mol. The van der Waals surface area contributed by atoms with Crippen LogP contribution in [0.5, 0.6) is 5.75 Å². The second-order valence-corrected chi connectivity index (χ2v) is 9.24. The van der Waals surface area contributed by atoms with Gasteiger partial charge in [0.2, 0.25) is 15.9 Å². The summed E-state index contributed by atoms with van der Waals surface area (Å²) in [5.74, 6) is 0.406. The molecule has 1 atom stereocenters. The Morgan fingerprint density at radius 3 is 2.46 bits per heavy atom. The minimum atomic E-state index is -3.63. The first kappa shape index (κ1) is 22.2. The van der Waals surface area contributed by atoms with Crippen LogP contribution in [0.25, 0.3) is 0 Å². The van der Waals surface area contributed by atoms with E-state index >= 15 is 0 Å². The number of amides is 1. The number of anilines is 1. The second-order valence-electron chi connectivity index (χ2n) is 6.48. The van der Waals surface area contributed by atoms with Crippen molar-refractivity contribution in [2.75, 3.05) is 24.2 Å². The molecule has 8 heteroatoms. The number of carbonyl (C=O) groups is 1. The zero-order valence-electron chi connectivity index (χ0n) is 16.4. The Morgan fingerprint density at radius 1 is 1.25 bits per heavy atom. The predicted octanol–water partition coefficient (Wildman–Crippen LogP) is 3.80. The second kappa shape index (κ2) is 9.43. The van der Waals surface area contributed by atoms with Gasteiger partial charge >= 0.3 is 0 Å². The molecule has 1 amide bonds. The van der Waals surface area contributed by atoms with Crippen LogP contribution in [0.3, 0.4) is 0 Å². The molecule has 0 aliphatic carbocycles. The number of benzene rings is 2. The third-order valence-electron chi connectivity index (χ3n) is 4.37. The van der Waals surface area contributed by atoms with Crippen molar-refractivity contribution in [2.45, 2.75) is 26.3 Å². The lowest BCUT2D eigenvalue weighted by Gasteiger charge is -2.25. The van der Waals surface area contributed by atoms with Crippen LogP contribution in [0, 0.1) is 6.92 Å². The maximum atomic E-state index is 12.7. The number of halogens is 1. The van der Waals surface area contributed by atoms with Gasteiger partial charge in [-0.2, -0.15) is 0 Å². The van der Waals surface area contributed by atoms with Crippen LogP contribution in [-0.4, -0.2) is 34.2 Å². The minimum Gasteiger partial charge on any atom is -0.496 e. The maximum absolute atomic E-state index is 12.7. The molecule has 2 rings (SSSR count). The van der Waals surface area contributed by atoms with Gasteiger partial charge in [-0.05, 0) is 58.6 Å². The molecular formula is C20H25BrN2O4S. The molecule has 28 heavy (non-hydrogen) atoms. The number of ether oxygens (including phenoxy) is 1. The zero-order valence-corrected chi connectivity index (χ0v) is 18.8. The normalized spacial score (nSPS) is 12.3. The molecule has 0 saturated heterocycles. The summed E-state index contributed by atoms with van der Waals surface area (Å²) in [4.78, 5) is 12.7. The van der Waals surface area contributed by atoms with E-state index in [2.05, 4.69) is 21.2 Å². The topological polar surface area (TPSA) is 75.7 Å². The average molecular weight is 469 g/mol. The molecule has 0 aromatic heterocycles. The fourth-order valence-electron chi connectivity index (χ4n) is 2.94. The van der Waals surface area contributed by atoms with E-state index in [0.717, 1.165) is 27.4 Å². The fraction of sp³-hybridized carbons (Fsp3) is 0.350. The first-order chi connectivity index (χ1) is 13.2. The largest absolute Gasteiger partial charge is 0.496 e. The van der Waals surface area contributed by atoms with Crippen molar-refractivity contribution < 1.29 is 17.9 Å². The van der Waals surface area contributed by atoms with E-state index in [0.29, 0.717) is 16.6 Å². The van der Waals surface area contributed by atoms with Gasteiger partial charge in [-0.15, -0.1) is 0 Å². The highest BCUT2D eigenvalue weighted by molar-refractivity contribution is 9.10. The van der Waals surface area contributed by atoms with Crippen LogP contribution in [0.15, 0.2) is 46.9 Å². The number of carbonyl (C=O) groups excluding carboxylic acids is 1. The van der Waals surface area contributed by atoms with Crippen molar-refractivity contribution >= 4 is 37.5 Å². The lowest BCUT2D eigenvalue weighted by Crippen LogP contribution is -2.41. The molecule has 0 bridgehead atoms. The smallest absolute Gasteiger partial charge is 0.241 e. The molecule has 2 aromatic rings. The van der Waals surface area contributed by atoms with Crippen molar-refractivity contribution in [3.8, 4) is 5.75 Å². The molecule has 0 saturated carbocycles. The Labute approximate surface area is 175 Å². The van der Waals surface area contributed by atoms with Gasteiger partial charge in [-0.1, -0.05) is 31.2 Å². The van der Waals surface area contributed by atoms with Gasteiger partial charge in [0, 0.05) is 4.47 Å². The Hall–Kier alpha value is -2.06. The van der Waals surface area contributed by atoms with E-state index in [1.54, 1.807) is 31.4 Å². The average Bonchev–Trinajstić information content (AvgIpc) is 2.64. The number of hydrogen-bond acceptors (Lipinski definition) is 4. The number of nitrogens with zero attached hydrogens (tertiary/aromatic N) is 1. The lowest BCUT2D eigenvalue weighted by atomic mass is 10.0. The number of hydrogen-bond donors (Lipinski definition) is 1. The van der Waals surface area contributed by atoms with Crippen molar-refractivity contribution in [1.29, 1.82) is 0 Å². The molecule has 152 valence electrons. The van der Waals surface area contributed by atoms with Crippen LogP contribution >= 0.6 is 15.9 Å². The molecular weight excluding hydrogens is 444 g/mol. The summed E-state index contributed by atoms with van der Waals surface area (Å²) in [5.41, 5.74) is 2.34. The molecule has 6 nitrogen and oxygen atoms in total. The van der Waals surface area contributed by atoms with Gasteiger partial charge < -0.3 is 10.1 Å². The van der Waals surface area contributed by atoms with Crippen molar-refractivity contribution in [2.24, 2.45) is 0 Å². The van der Waals surface area contributed by atoms with E-state index in [4.69, 9.17) is 4.74 Å². The standard InChI is InChI=1S/C20H25BrN2O4S/c1-5-17(15-10-11-19(27-3)14(2)12-15)22-20(24)13-23(28(4,25)26)18-9-7-6-8-16(18)21/h6-12,17H,5,13H2,1-4H3,(H,22,24)/t17-/m1/s1. The van der Waals surface area contributed by atoms with Gasteiger partial charge in [0.1, 0.15) is 12.3 Å². The molecule has 0 unspecified atom stereocenters. The van der Waals surface area contributed by atoms with Crippen LogP contribution in [-0.2, 0) is 14.8 Å². The van der Waals surface area contributed by atoms with E-state index in [1.807, 2.05) is 32.0 Å². The molecule has 1 N–H and O–H groups in total. The van der Waals surface area contributed by atoms with E-state index in [-0.39, 0.29) is 18.5 Å². The van der Waals surface area contributed by atoms with Crippen LogP contribution in [0.4, 0.5) is 5.69 Å². The van der Waals surface area contributed by atoms with Crippen LogP contribution in [0.2, 0.25) is 0 Å². The SMILES string of the molecule is CC[C@@H](NC(=O)CN(c1ccccc1Br)S(C)(=O)=O)c1ccc(OC)c(C)c1. The Kier molecular flexibility index (Phi) is 7.48. The highest BCUT2D eigenvalue weighted by Crippen LogP contribution is 2.28. The third-order valence-corrected chi connectivity index (χ3v) is 6.17. The van der Waals surface area contributed by atoms with Crippen molar-refractivity contribution in [3.63, 3.8) is 0 Å². The number of aryl methyl sites for hydroxylation is 1. The Bertz CT molecular complexity index is 947. The number of para-hydroxylation sites is 1. The molecule has 0 aliphatic rings. The fourth-order valence-corrected chi connectivity index (χ4v) is 4.43. The monoisotopic (exact) mass is 468 g/mol. The number of rotatable bonds is 8. The highest BCUT2D eigenvalue weighted by atomic mass is 79.9. The summed E-state index contributed by atoms with van der Waals surface area (Å²) >= 11 is 3.35. The van der Waals surface area contributed by atoms with Crippen LogP contribution in [0.1, 0.15) is 30.5 Å². The molecule has 0 heterocycles. The first-order valence-corrected chi connectivity index (χ1v) is 11.5. The first-order valence-electron chi connectivity index (χ1n) is 8.83. The van der Waals surface area contributed by atoms with E-state index in [1.165, 1.54) is 0 Å². The Morgan fingerprint density at radius 2 is 1.93 bits per heavy atom. The lowest BCUT2D eigenvalue weighted by molar-refractivity contribution is -0.120. The van der Waals surface area contributed by atoms with Crippen molar-refractivity contribution in [3.05, 3.63) is 58.1 Å². The molecule has 0 aliphatic heterocycles. The number of methoxy groups -OCH3 is 1. The van der Waals surface area contributed by atoms with Crippen molar-refractivity contribution in [1.82, 2.24) is 5.32 Å². The molecule has 0 radical (unpaired) electrons. The summed E-state index contributed by atoms with van der Waals surface area (Å²) in [6.07, 6.45) is 1.76. The van der Waals surface area contributed by atoms with Gasteiger partial charge in [-0.25, -0.2) is 8.42 Å². The van der Waals surface area contributed by atoms with Crippen LogP contribution < -0.4 is 14.4 Å². The van der Waals surface area contributed by atoms with Gasteiger partial charge in [-0.3, -0.25) is 9.10 Å². The highest BCUT2D eigenvalue weighted by Gasteiger charge is 2.24. The zero-order chi connectivity index (χ0) is 20.9. The summed E-state index contributed by atoms with van der Waals surface area (Å²) in [6.45, 7) is 3.61. The minimum absolute atomic E-state index is 0.224. The Balaban J connectivity index is 2.21. The summed E-state index contributed by atoms with van der Waals surface area (Å²) in [6, 6.07) is 12.4. The maximum Gasteiger partial charge on any atom is 0.241 e. The summed E-state index contributed by atoms with van der Waals surface area (Å²) in [7, 11) is -2.02.